The van der Waals surface area contributed by atoms with Crippen molar-refractivity contribution in [3.63, 3.8) is 0 Å². The molecule has 0 saturated carbocycles. The van der Waals surface area contributed by atoms with E-state index >= 15 is 0 Å². The Morgan fingerprint density at radius 3 is 3.05 bits per heavy atom. The van der Waals surface area contributed by atoms with Gasteiger partial charge in [0.05, 0.1) is 6.54 Å². The van der Waals surface area contributed by atoms with E-state index in [2.05, 4.69) is 17.1 Å². The number of hydrogen-bond donors (Lipinski definition) is 2. The smallest absolute Gasteiger partial charge is 0.238 e. The van der Waals surface area contributed by atoms with Crippen molar-refractivity contribution in [1.82, 2.24) is 4.90 Å². The third kappa shape index (κ3) is 4.20. The lowest BCUT2D eigenvalue weighted by atomic mass is 9.94. The second-order valence-electron chi connectivity index (χ2n) is 5.22. The van der Waals surface area contributed by atoms with Crippen LogP contribution in [0, 0.1) is 5.92 Å². The number of rotatable bonds is 3. The van der Waals surface area contributed by atoms with Crippen molar-refractivity contribution in [2.75, 3.05) is 25.0 Å². The van der Waals surface area contributed by atoms with Crippen LogP contribution in [0.5, 0.6) is 0 Å². The van der Waals surface area contributed by atoms with Gasteiger partial charge in [-0.25, -0.2) is 0 Å². The molecule has 2 rings (SSSR count). The van der Waals surface area contributed by atoms with Gasteiger partial charge in [-0.05, 0) is 37.1 Å². The van der Waals surface area contributed by atoms with Gasteiger partial charge < -0.3 is 11.1 Å². The summed E-state index contributed by atoms with van der Waals surface area (Å²) in [7, 11) is 0. The van der Waals surface area contributed by atoms with Crippen molar-refractivity contribution in [3.8, 4) is 0 Å². The Balaban J connectivity index is 1.85. The number of nitrogens with zero attached hydrogens (tertiary/aromatic N) is 1. The summed E-state index contributed by atoms with van der Waals surface area (Å²) >= 11 is 5.88. The minimum Gasteiger partial charge on any atom is -0.326 e. The molecule has 0 bridgehead atoms. The first kappa shape index (κ1) is 14.3. The molecule has 0 spiro atoms. The van der Waals surface area contributed by atoms with Crippen LogP contribution in [0.25, 0.3) is 0 Å². The molecule has 1 aromatic rings. The Morgan fingerprint density at radius 1 is 1.58 bits per heavy atom. The van der Waals surface area contributed by atoms with Crippen molar-refractivity contribution in [3.05, 3.63) is 29.3 Å². The van der Waals surface area contributed by atoms with E-state index in [1.807, 2.05) is 12.1 Å². The highest BCUT2D eigenvalue weighted by Crippen LogP contribution is 2.17. The van der Waals surface area contributed by atoms with Gasteiger partial charge in [0.2, 0.25) is 5.91 Å². The minimum atomic E-state index is -0.0241. The second-order valence-corrected chi connectivity index (χ2v) is 5.66. The first-order valence-corrected chi connectivity index (χ1v) is 6.96. The molecule has 2 atom stereocenters. The Kier molecular flexibility index (Phi) is 4.80. The predicted molar refractivity (Wildman–Crippen MR) is 78.3 cm³/mol. The highest BCUT2D eigenvalue weighted by Gasteiger charge is 2.24. The number of hydrogen-bond acceptors (Lipinski definition) is 3. The monoisotopic (exact) mass is 281 g/mol. The summed E-state index contributed by atoms with van der Waals surface area (Å²) in [5.41, 5.74) is 6.75. The molecule has 19 heavy (non-hydrogen) atoms. The standard InChI is InChI=1S/C14H20ClN3O/c1-10-5-6-18(8-13(10)16)9-14(19)17-12-4-2-3-11(15)7-12/h2-4,7,10,13H,5-6,8-9,16H2,1H3,(H,17,19). The molecular formula is C14H20ClN3O. The third-order valence-electron chi connectivity index (χ3n) is 3.58. The summed E-state index contributed by atoms with van der Waals surface area (Å²) in [5.74, 6) is 0.510. The number of carbonyl (C=O) groups excluding carboxylic acids is 1. The average molecular weight is 282 g/mol. The average Bonchev–Trinajstić information content (AvgIpc) is 2.34. The van der Waals surface area contributed by atoms with Crippen molar-refractivity contribution in [2.24, 2.45) is 11.7 Å². The van der Waals surface area contributed by atoms with E-state index in [0.717, 1.165) is 25.2 Å². The van der Waals surface area contributed by atoms with Crippen molar-refractivity contribution in [2.45, 2.75) is 19.4 Å². The van der Waals surface area contributed by atoms with E-state index in [1.54, 1.807) is 12.1 Å². The van der Waals surface area contributed by atoms with Crippen LogP contribution in [0.3, 0.4) is 0 Å². The zero-order chi connectivity index (χ0) is 13.8. The van der Waals surface area contributed by atoms with Crippen LogP contribution in [0.15, 0.2) is 24.3 Å². The normalized spacial score (nSPS) is 24.2. The van der Waals surface area contributed by atoms with Gasteiger partial charge in [-0.1, -0.05) is 24.6 Å². The predicted octanol–water partition coefficient (Wildman–Crippen LogP) is 1.95. The first-order valence-electron chi connectivity index (χ1n) is 6.58. The fraction of sp³-hybridized carbons (Fsp3) is 0.500. The van der Waals surface area contributed by atoms with Gasteiger partial charge in [0.1, 0.15) is 0 Å². The molecule has 1 amide bonds. The van der Waals surface area contributed by atoms with Crippen LogP contribution >= 0.6 is 11.6 Å². The third-order valence-corrected chi connectivity index (χ3v) is 3.81. The summed E-state index contributed by atoms with van der Waals surface area (Å²) in [6.07, 6.45) is 1.05. The zero-order valence-electron chi connectivity index (χ0n) is 11.1. The molecule has 1 heterocycles. The number of nitrogens with one attached hydrogen (secondary N) is 1. The SMILES string of the molecule is CC1CCN(CC(=O)Nc2cccc(Cl)c2)CC1N. The summed E-state index contributed by atoms with van der Waals surface area (Å²) in [6, 6.07) is 7.32. The Bertz CT molecular complexity index is 452. The molecule has 0 aliphatic carbocycles. The van der Waals surface area contributed by atoms with E-state index in [1.165, 1.54) is 0 Å². The van der Waals surface area contributed by atoms with Crippen LogP contribution in [0.2, 0.25) is 5.02 Å². The lowest BCUT2D eigenvalue weighted by Crippen LogP contribution is -2.49. The fourth-order valence-corrected chi connectivity index (χ4v) is 2.47. The van der Waals surface area contributed by atoms with Gasteiger partial charge in [0.15, 0.2) is 0 Å². The van der Waals surface area contributed by atoms with Crippen LogP contribution in [0.4, 0.5) is 5.69 Å². The van der Waals surface area contributed by atoms with Gasteiger partial charge in [0.25, 0.3) is 0 Å². The Hall–Kier alpha value is -1.10. The molecule has 1 fully saturated rings. The maximum atomic E-state index is 11.9. The molecule has 4 nitrogen and oxygen atoms in total. The quantitative estimate of drug-likeness (QED) is 0.890. The molecule has 5 heteroatoms. The fourth-order valence-electron chi connectivity index (χ4n) is 2.28. The lowest BCUT2D eigenvalue weighted by Gasteiger charge is -2.34. The maximum absolute atomic E-state index is 11.9. The lowest BCUT2D eigenvalue weighted by molar-refractivity contribution is -0.117. The largest absolute Gasteiger partial charge is 0.326 e. The number of nitrogens with two attached hydrogens (primary N) is 1. The molecule has 1 saturated heterocycles. The van der Waals surface area contributed by atoms with Crippen molar-refractivity contribution < 1.29 is 4.79 Å². The van der Waals surface area contributed by atoms with Crippen molar-refractivity contribution in [1.29, 1.82) is 0 Å². The van der Waals surface area contributed by atoms with Gasteiger partial charge in [-0.3, -0.25) is 9.69 Å². The highest BCUT2D eigenvalue weighted by atomic mass is 35.5. The molecule has 0 aromatic heterocycles. The summed E-state index contributed by atoms with van der Waals surface area (Å²) < 4.78 is 0. The summed E-state index contributed by atoms with van der Waals surface area (Å²) in [4.78, 5) is 14.0. The summed E-state index contributed by atoms with van der Waals surface area (Å²) in [5, 5.41) is 3.47. The second kappa shape index (κ2) is 6.37. The van der Waals surface area contributed by atoms with Gasteiger partial charge >= 0.3 is 0 Å². The number of carbonyl (C=O) groups is 1. The van der Waals surface area contributed by atoms with Crippen molar-refractivity contribution >= 4 is 23.2 Å². The van der Waals surface area contributed by atoms with E-state index in [9.17, 15) is 4.79 Å². The van der Waals surface area contributed by atoms with Crippen LogP contribution in [0.1, 0.15) is 13.3 Å². The number of piperidine rings is 1. The summed E-state index contributed by atoms with van der Waals surface area (Å²) in [6.45, 7) is 4.25. The van der Waals surface area contributed by atoms with Gasteiger partial charge in [0, 0.05) is 23.3 Å². The molecule has 1 aromatic carbocycles. The topological polar surface area (TPSA) is 58.4 Å². The Morgan fingerprint density at radius 2 is 2.37 bits per heavy atom. The van der Waals surface area contributed by atoms with E-state index in [4.69, 9.17) is 17.3 Å². The highest BCUT2D eigenvalue weighted by molar-refractivity contribution is 6.30. The molecule has 1 aliphatic rings. The molecule has 104 valence electrons. The molecule has 1 aliphatic heterocycles. The zero-order valence-corrected chi connectivity index (χ0v) is 11.9. The Labute approximate surface area is 118 Å². The first-order chi connectivity index (χ1) is 9.04. The van der Waals surface area contributed by atoms with E-state index < -0.39 is 0 Å². The molecule has 2 unspecified atom stereocenters. The molecular weight excluding hydrogens is 262 g/mol. The number of benzene rings is 1. The van der Waals surface area contributed by atoms with Gasteiger partial charge in [-0.15, -0.1) is 0 Å². The number of halogens is 1. The molecule has 3 N–H and O–H groups in total. The minimum absolute atomic E-state index is 0.0241. The maximum Gasteiger partial charge on any atom is 0.238 e. The van der Waals surface area contributed by atoms with Crippen LogP contribution < -0.4 is 11.1 Å². The van der Waals surface area contributed by atoms with Gasteiger partial charge in [-0.2, -0.15) is 0 Å². The van der Waals surface area contributed by atoms with Crippen LogP contribution in [-0.2, 0) is 4.79 Å². The molecule has 0 radical (unpaired) electrons. The number of likely N-dealkylation sites (tertiary alicyclic amines) is 1. The van der Waals surface area contributed by atoms with E-state index in [-0.39, 0.29) is 11.9 Å². The van der Waals surface area contributed by atoms with E-state index in [0.29, 0.717) is 17.5 Å². The number of anilines is 1. The van der Waals surface area contributed by atoms with Crippen LogP contribution in [-0.4, -0.2) is 36.5 Å². The number of amides is 1.